The standard InChI is InChI=1S/C21H24FN3O/c22-17-9-7-16(8-10-17)20-19-6-2-1-4-15(19)11-13-25(20)21-24-12-3-5-18(23)14-26-21/h1-2,4,6-10,18,20H,3,5,11-14,23H2/b24-21-/t18-,20+/m1/s1. The number of fused-ring (bicyclic) bond motifs is 1. The highest BCUT2D eigenvalue weighted by molar-refractivity contribution is 5.76. The van der Waals surface area contributed by atoms with Gasteiger partial charge in [-0.2, -0.15) is 0 Å². The zero-order valence-corrected chi connectivity index (χ0v) is 14.8. The highest BCUT2D eigenvalue weighted by Gasteiger charge is 2.32. The topological polar surface area (TPSA) is 50.8 Å². The molecule has 26 heavy (non-hydrogen) atoms. The molecule has 0 aliphatic carbocycles. The van der Waals surface area contributed by atoms with Crippen LogP contribution in [0.4, 0.5) is 4.39 Å². The van der Waals surface area contributed by atoms with Gasteiger partial charge in [0.05, 0.1) is 6.04 Å². The fraction of sp³-hybridized carbons (Fsp3) is 0.381. The van der Waals surface area contributed by atoms with Crippen molar-refractivity contribution < 1.29 is 9.13 Å². The third kappa shape index (κ3) is 3.44. The Balaban J connectivity index is 1.74. The molecule has 0 saturated carbocycles. The number of halogens is 1. The van der Waals surface area contributed by atoms with Crippen molar-refractivity contribution in [2.45, 2.75) is 31.3 Å². The molecule has 2 aliphatic heterocycles. The number of benzene rings is 2. The summed E-state index contributed by atoms with van der Waals surface area (Å²) in [6, 6.07) is 15.8. The van der Waals surface area contributed by atoms with Crippen molar-refractivity contribution in [3.05, 3.63) is 71.0 Å². The normalized spacial score (nSPS) is 25.3. The maximum Gasteiger partial charge on any atom is 0.288 e. The van der Waals surface area contributed by atoms with Gasteiger partial charge in [0, 0.05) is 19.1 Å². The Kier molecular flexibility index (Phi) is 4.89. The van der Waals surface area contributed by atoms with E-state index in [1.54, 1.807) is 0 Å². The molecule has 0 radical (unpaired) electrons. The molecule has 2 aromatic carbocycles. The summed E-state index contributed by atoms with van der Waals surface area (Å²) in [6.07, 6.45) is 2.84. The first kappa shape index (κ1) is 17.0. The minimum Gasteiger partial charge on any atom is -0.463 e. The Morgan fingerprint density at radius 2 is 1.92 bits per heavy atom. The number of nitrogens with zero attached hydrogens (tertiary/aromatic N) is 2. The predicted molar refractivity (Wildman–Crippen MR) is 101 cm³/mol. The highest BCUT2D eigenvalue weighted by Crippen LogP contribution is 2.35. The van der Waals surface area contributed by atoms with Crippen LogP contribution in [0, 0.1) is 5.82 Å². The summed E-state index contributed by atoms with van der Waals surface area (Å²) in [5.41, 5.74) is 9.68. The van der Waals surface area contributed by atoms with Crippen molar-refractivity contribution in [2.75, 3.05) is 19.7 Å². The van der Waals surface area contributed by atoms with Gasteiger partial charge in [-0.1, -0.05) is 36.4 Å². The largest absolute Gasteiger partial charge is 0.463 e. The van der Waals surface area contributed by atoms with Gasteiger partial charge in [-0.15, -0.1) is 0 Å². The molecule has 2 aliphatic rings. The van der Waals surface area contributed by atoms with Gasteiger partial charge in [-0.3, -0.25) is 0 Å². The van der Waals surface area contributed by atoms with Gasteiger partial charge in [0.2, 0.25) is 0 Å². The Hall–Kier alpha value is -2.40. The average Bonchev–Trinajstić information content (AvgIpc) is 2.65. The zero-order chi connectivity index (χ0) is 17.9. The van der Waals surface area contributed by atoms with Crippen LogP contribution in [0.2, 0.25) is 0 Å². The second kappa shape index (κ2) is 7.46. The van der Waals surface area contributed by atoms with Crippen LogP contribution in [0.3, 0.4) is 0 Å². The monoisotopic (exact) mass is 353 g/mol. The van der Waals surface area contributed by atoms with E-state index in [1.165, 1.54) is 23.3 Å². The number of aliphatic imine (C=N–C) groups is 1. The number of ether oxygens (including phenoxy) is 1. The van der Waals surface area contributed by atoms with Gasteiger partial charge in [0.1, 0.15) is 12.4 Å². The van der Waals surface area contributed by atoms with Crippen molar-refractivity contribution in [3.8, 4) is 0 Å². The molecule has 2 aromatic rings. The van der Waals surface area contributed by atoms with Gasteiger partial charge in [-0.25, -0.2) is 9.38 Å². The Morgan fingerprint density at radius 1 is 1.12 bits per heavy atom. The minimum atomic E-state index is -0.227. The average molecular weight is 353 g/mol. The molecule has 0 amide bonds. The molecule has 2 N–H and O–H groups in total. The fourth-order valence-electron chi connectivity index (χ4n) is 3.79. The summed E-state index contributed by atoms with van der Waals surface area (Å²) in [5.74, 6) is -0.227. The van der Waals surface area contributed by atoms with E-state index in [1.807, 2.05) is 12.1 Å². The first-order valence-corrected chi connectivity index (χ1v) is 9.25. The second-order valence-electron chi connectivity index (χ2n) is 6.97. The lowest BCUT2D eigenvalue weighted by Gasteiger charge is -2.39. The van der Waals surface area contributed by atoms with Gasteiger partial charge in [0.25, 0.3) is 6.02 Å². The van der Waals surface area contributed by atoms with Crippen LogP contribution in [-0.4, -0.2) is 36.7 Å². The SMILES string of the molecule is N[C@@H]1CCC/N=C(/N2CCc3ccccc3[C@@H]2c2ccc(F)cc2)OC1. The number of rotatable bonds is 1. The van der Waals surface area contributed by atoms with Crippen LogP contribution in [0.1, 0.15) is 35.6 Å². The lowest BCUT2D eigenvalue weighted by atomic mass is 9.88. The van der Waals surface area contributed by atoms with E-state index in [2.05, 4.69) is 29.2 Å². The van der Waals surface area contributed by atoms with Gasteiger partial charge >= 0.3 is 0 Å². The minimum absolute atomic E-state index is 0.0325. The van der Waals surface area contributed by atoms with Crippen LogP contribution >= 0.6 is 0 Å². The highest BCUT2D eigenvalue weighted by atomic mass is 19.1. The molecule has 0 bridgehead atoms. The number of hydrogen-bond acceptors (Lipinski definition) is 4. The lowest BCUT2D eigenvalue weighted by Crippen LogP contribution is -2.44. The molecule has 0 aromatic heterocycles. The summed E-state index contributed by atoms with van der Waals surface area (Å²) in [7, 11) is 0. The molecule has 4 nitrogen and oxygen atoms in total. The van der Waals surface area contributed by atoms with E-state index in [0.29, 0.717) is 12.6 Å². The van der Waals surface area contributed by atoms with Gasteiger partial charge in [-0.05, 0) is 48.1 Å². The van der Waals surface area contributed by atoms with Crippen molar-refractivity contribution in [2.24, 2.45) is 10.7 Å². The summed E-state index contributed by atoms with van der Waals surface area (Å²) in [6.45, 7) is 2.01. The Morgan fingerprint density at radius 3 is 2.77 bits per heavy atom. The smallest absolute Gasteiger partial charge is 0.288 e. The van der Waals surface area contributed by atoms with E-state index in [0.717, 1.165) is 37.9 Å². The van der Waals surface area contributed by atoms with Crippen molar-refractivity contribution in [3.63, 3.8) is 0 Å². The van der Waals surface area contributed by atoms with Gasteiger partial charge in [0.15, 0.2) is 0 Å². The second-order valence-corrected chi connectivity index (χ2v) is 6.97. The molecular weight excluding hydrogens is 329 g/mol. The molecule has 0 unspecified atom stereocenters. The van der Waals surface area contributed by atoms with Crippen LogP contribution in [0.15, 0.2) is 53.5 Å². The third-order valence-electron chi connectivity index (χ3n) is 5.12. The first-order valence-electron chi connectivity index (χ1n) is 9.25. The van der Waals surface area contributed by atoms with Gasteiger partial charge < -0.3 is 15.4 Å². The lowest BCUT2D eigenvalue weighted by molar-refractivity contribution is 0.184. The van der Waals surface area contributed by atoms with Crippen molar-refractivity contribution >= 4 is 6.02 Å². The Bertz CT molecular complexity index is 790. The molecule has 0 fully saturated rings. The molecule has 2 atom stereocenters. The molecule has 0 spiro atoms. The molecular formula is C21H24FN3O. The predicted octanol–water partition coefficient (Wildman–Crippen LogP) is 3.27. The van der Waals surface area contributed by atoms with E-state index >= 15 is 0 Å². The first-order chi connectivity index (χ1) is 12.7. The van der Waals surface area contributed by atoms with Crippen LogP contribution in [0.25, 0.3) is 0 Å². The molecule has 136 valence electrons. The Labute approximate surface area is 153 Å². The number of nitrogens with two attached hydrogens (primary N) is 1. The van der Waals surface area contributed by atoms with E-state index < -0.39 is 0 Å². The van der Waals surface area contributed by atoms with Crippen molar-refractivity contribution in [1.29, 1.82) is 0 Å². The maximum atomic E-state index is 13.5. The molecule has 0 saturated heterocycles. The number of amidine groups is 1. The fourth-order valence-corrected chi connectivity index (χ4v) is 3.79. The quantitative estimate of drug-likeness (QED) is 0.856. The van der Waals surface area contributed by atoms with E-state index in [4.69, 9.17) is 15.5 Å². The zero-order valence-electron chi connectivity index (χ0n) is 14.8. The van der Waals surface area contributed by atoms with Crippen LogP contribution in [0.5, 0.6) is 0 Å². The summed E-state index contributed by atoms with van der Waals surface area (Å²) >= 11 is 0. The molecule has 5 heteroatoms. The summed E-state index contributed by atoms with van der Waals surface area (Å²) in [5, 5.41) is 0. The van der Waals surface area contributed by atoms with Crippen LogP contribution < -0.4 is 5.73 Å². The molecule has 4 rings (SSSR count). The summed E-state index contributed by atoms with van der Waals surface area (Å²) in [4.78, 5) is 6.90. The van der Waals surface area contributed by atoms with Crippen molar-refractivity contribution in [1.82, 2.24) is 4.90 Å². The van der Waals surface area contributed by atoms with E-state index in [9.17, 15) is 4.39 Å². The third-order valence-corrected chi connectivity index (χ3v) is 5.12. The number of hydrogen-bond donors (Lipinski definition) is 1. The summed E-state index contributed by atoms with van der Waals surface area (Å²) < 4.78 is 19.5. The maximum absolute atomic E-state index is 13.5. The van der Waals surface area contributed by atoms with E-state index in [-0.39, 0.29) is 17.9 Å². The van der Waals surface area contributed by atoms with Crippen LogP contribution in [-0.2, 0) is 11.2 Å². The molecule has 2 heterocycles.